The molecule has 2 aromatic carbocycles. The number of amides is 1. The fourth-order valence-electron chi connectivity index (χ4n) is 2.01. The van der Waals surface area contributed by atoms with Crippen LogP contribution in [0, 0.1) is 0 Å². The van der Waals surface area contributed by atoms with E-state index in [1.165, 1.54) is 23.9 Å². The average molecular weight is 402 g/mol. The van der Waals surface area contributed by atoms with Crippen LogP contribution in [0.15, 0.2) is 62.9 Å². The lowest BCUT2D eigenvalue weighted by Gasteiger charge is -2.02. The third-order valence-corrected chi connectivity index (χ3v) is 4.57. The number of carboxylic acids is 1. The first-order valence-electron chi connectivity index (χ1n) is 6.88. The van der Waals surface area contributed by atoms with Gasteiger partial charge in [0.2, 0.25) is 0 Å². The maximum atomic E-state index is 12.0. The zero-order chi connectivity index (χ0) is 17.1. The number of hydrogen-bond acceptors (Lipinski definition) is 5. The molecule has 1 heterocycles. The molecular weight excluding hydrogens is 392 g/mol. The number of benzene rings is 2. The number of carboxylic acid groups (broad SMARTS) is 1. The molecule has 0 spiro atoms. The van der Waals surface area contributed by atoms with Crippen LogP contribution in [0.4, 0.5) is 5.69 Å². The molecule has 0 unspecified atom stereocenters. The molecule has 0 saturated carbocycles. The summed E-state index contributed by atoms with van der Waals surface area (Å²) in [6, 6.07) is 13.6. The molecule has 2 aromatic rings. The second kappa shape index (κ2) is 7.02. The zero-order valence-corrected chi connectivity index (χ0v) is 14.6. The Kier molecular flexibility index (Phi) is 4.82. The lowest BCUT2D eigenvalue weighted by Crippen LogP contribution is -2.22. The molecule has 7 heteroatoms. The van der Waals surface area contributed by atoms with E-state index in [2.05, 4.69) is 26.2 Å². The predicted molar refractivity (Wildman–Crippen MR) is 95.7 cm³/mol. The molecule has 0 radical (unpaired) electrons. The highest BCUT2D eigenvalue weighted by atomic mass is 79.9. The van der Waals surface area contributed by atoms with Crippen LogP contribution in [-0.4, -0.2) is 17.0 Å². The van der Waals surface area contributed by atoms with Gasteiger partial charge in [0, 0.05) is 4.47 Å². The largest absolute Gasteiger partial charge is 0.545 e. The van der Waals surface area contributed by atoms with Crippen molar-refractivity contribution in [3.63, 3.8) is 0 Å². The molecule has 120 valence electrons. The number of carbonyl (C=O) groups is 2. The lowest BCUT2D eigenvalue weighted by molar-refractivity contribution is -0.255. The van der Waals surface area contributed by atoms with E-state index in [9.17, 15) is 14.7 Å². The van der Waals surface area contributed by atoms with E-state index in [0.29, 0.717) is 15.8 Å². The van der Waals surface area contributed by atoms with Crippen LogP contribution >= 0.6 is 27.7 Å². The van der Waals surface area contributed by atoms with Crippen LogP contribution in [0.5, 0.6) is 0 Å². The minimum atomic E-state index is -1.27. The topological polar surface area (TPSA) is 81.6 Å². The van der Waals surface area contributed by atoms with E-state index in [-0.39, 0.29) is 11.5 Å². The molecular formula is C17H10BrN2O3S-. The van der Waals surface area contributed by atoms with Crippen molar-refractivity contribution in [1.82, 2.24) is 5.32 Å². The predicted octanol–water partition coefficient (Wildman–Crippen LogP) is 2.70. The summed E-state index contributed by atoms with van der Waals surface area (Å²) in [6.07, 6.45) is 1.77. The Morgan fingerprint density at radius 1 is 1.21 bits per heavy atom. The number of thioether (sulfide) groups is 1. The molecule has 5 nitrogen and oxygen atoms in total. The van der Waals surface area contributed by atoms with Crippen LogP contribution < -0.4 is 10.4 Å². The molecule has 1 aliphatic heterocycles. The van der Waals surface area contributed by atoms with E-state index >= 15 is 0 Å². The smallest absolute Gasteiger partial charge is 0.264 e. The zero-order valence-electron chi connectivity index (χ0n) is 12.2. The summed E-state index contributed by atoms with van der Waals surface area (Å²) in [4.78, 5) is 27.7. The fraction of sp³-hybridized carbons (Fsp3) is 0. The van der Waals surface area contributed by atoms with Gasteiger partial charge in [0.15, 0.2) is 5.17 Å². The molecule has 1 fully saturated rings. The third-order valence-electron chi connectivity index (χ3n) is 3.13. The summed E-state index contributed by atoms with van der Waals surface area (Å²) in [6.45, 7) is 0. The number of rotatable bonds is 3. The van der Waals surface area contributed by atoms with Crippen molar-refractivity contribution < 1.29 is 14.7 Å². The number of aliphatic imine (C=N–C) groups is 1. The molecule has 1 aliphatic rings. The Balaban J connectivity index is 1.82. The minimum absolute atomic E-state index is 0.0387. The summed E-state index contributed by atoms with van der Waals surface area (Å²) in [5.74, 6) is -1.51. The second-order valence-electron chi connectivity index (χ2n) is 4.87. The molecule has 0 aliphatic carbocycles. The van der Waals surface area contributed by atoms with Crippen LogP contribution in [-0.2, 0) is 4.79 Å². The first kappa shape index (κ1) is 16.5. The van der Waals surface area contributed by atoms with Crippen molar-refractivity contribution in [3.05, 3.63) is 69.0 Å². The van der Waals surface area contributed by atoms with Gasteiger partial charge in [-0.05, 0) is 53.2 Å². The molecule has 1 N–H and O–H groups in total. The lowest BCUT2D eigenvalue weighted by atomic mass is 10.2. The van der Waals surface area contributed by atoms with Crippen molar-refractivity contribution >= 4 is 56.5 Å². The molecule has 3 rings (SSSR count). The van der Waals surface area contributed by atoms with E-state index in [4.69, 9.17) is 0 Å². The van der Waals surface area contributed by atoms with Gasteiger partial charge >= 0.3 is 0 Å². The standard InChI is InChI=1S/C17H11BrN2O3S/c18-12-6-4-10(5-7-12)8-14-15(21)20-17(24-14)19-13-3-1-2-11(9-13)16(22)23/h1-9H,(H,22,23)(H,19,20,21)/p-1/b14-8-. The van der Waals surface area contributed by atoms with Crippen molar-refractivity contribution in [2.24, 2.45) is 4.99 Å². The van der Waals surface area contributed by atoms with Crippen molar-refractivity contribution in [3.8, 4) is 0 Å². The summed E-state index contributed by atoms with van der Waals surface area (Å²) in [5.41, 5.74) is 1.37. The summed E-state index contributed by atoms with van der Waals surface area (Å²) in [7, 11) is 0. The molecule has 1 saturated heterocycles. The SMILES string of the molecule is O=C1NC(=Nc2cccc(C(=O)[O-])c2)S/C1=C\c1ccc(Br)cc1. The Bertz CT molecular complexity index is 876. The summed E-state index contributed by atoms with van der Waals surface area (Å²) in [5, 5.41) is 13.9. The Morgan fingerprint density at radius 3 is 2.67 bits per heavy atom. The van der Waals surface area contributed by atoms with Gasteiger partial charge in [-0.2, -0.15) is 0 Å². The second-order valence-corrected chi connectivity index (χ2v) is 6.82. The van der Waals surface area contributed by atoms with Gasteiger partial charge in [0.1, 0.15) is 0 Å². The number of nitrogens with one attached hydrogen (secondary N) is 1. The number of amidine groups is 1. The molecule has 0 bridgehead atoms. The third kappa shape index (κ3) is 3.93. The number of nitrogens with zero attached hydrogens (tertiary/aromatic N) is 1. The Hall–Kier alpha value is -2.38. The number of aromatic carboxylic acids is 1. The van der Waals surface area contributed by atoms with Crippen molar-refractivity contribution in [2.45, 2.75) is 0 Å². The maximum Gasteiger partial charge on any atom is 0.264 e. The van der Waals surface area contributed by atoms with E-state index < -0.39 is 5.97 Å². The van der Waals surface area contributed by atoms with Crippen LogP contribution in [0.3, 0.4) is 0 Å². The monoisotopic (exact) mass is 401 g/mol. The van der Waals surface area contributed by atoms with Crippen LogP contribution in [0.2, 0.25) is 0 Å². The Labute approximate surface area is 150 Å². The number of halogens is 1. The van der Waals surface area contributed by atoms with Gasteiger partial charge in [0.25, 0.3) is 5.91 Å². The summed E-state index contributed by atoms with van der Waals surface area (Å²) < 4.78 is 0.961. The highest BCUT2D eigenvalue weighted by molar-refractivity contribution is 9.10. The van der Waals surface area contributed by atoms with Gasteiger partial charge < -0.3 is 15.2 Å². The Morgan fingerprint density at radius 2 is 1.96 bits per heavy atom. The van der Waals surface area contributed by atoms with E-state index in [1.54, 1.807) is 18.2 Å². The molecule has 24 heavy (non-hydrogen) atoms. The quantitative estimate of drug-likeness (QED) is 0.801. The molecule has 0 aromatic heterocycles. The van der Waals surface area contributed by atoms with E-state index in [0.717, 1.165) is 10.0 Å². The average Bonchev–Trinajstić information content (AvgIpc) is 2.89. The highest BCUT2D eigenvalue weighted by Gasteiger charge is 2.23. The van der Waals surface area contributed by atoms with Gasteiger partial charge in [-0.15, -0.1) is 0 Å². The van der Waals surface area contributed by atoms with E-state index in [1.807, 2.05) is 24.3 Å². The molecule has 1 amide bonds. The van der Waals surface area contributed by atoms with Gasteiger partial charge in [-0.25, -0.2) is 4.99 Å². The first-order chi connectivity index (χ1) is 11.5. The number of hydrogen-bond donors (Lipinski definition) is 1. The normalized spacial score (nSPS) is 17.3. The first-order valence-corrected chi connectivity index (χ1v) is 8.49. The van der Waals surface area contributed by atoms with Crippen molar-refractivity contribution in [1.29, 1.82) is 0 Å². The van der Waals surface area contributed by atoms with Crippen LogP contribution in [0.25, 0.3) is 6.08 Å². The minimum Gasteiger partial charge on any atom is -0.545 e. The number of carbonyl (C=O) groups excluding carboxylic acids is 2. The van der Waals surface area contributed by atoms with Gasteiger partial charge in [0.05, 0.1) is 16.6 Å². The highest BCUT2D eigenvalue weighted by Crippen LogP contribution is 2.28. The summed E-state index contributed by atoms with van der Waals surface area (Å²) >= 11 is 4.56. The van der Waals surface area contributed by atoms with Gasteiger partial charge in [-0.1, -0.05) is 40.2 Å². The van der Waals surface area contributed by atoms with Crippen molar-refractivity contribution in [2.75, 3.05) is 0 Å². The maximum absolute atomic E-state index is 12.0. The van der Waals surface area contributed by atoms with Crippen LogP contribution in [0.1, 0.15) is 15.9 Å². The molecule has 0 atom stereocenters. The van der Waals surface area contributed by atoms with Gasteiger partial charge in [-0.3, -0.25) is 4.79 Å². The fourth-order valence-corrected chi connectivity index (χ4v) is 3.12.